The molecule has 0 spiro atoms. The maximum Gasteiger partial charge on any atom is 0.0463 e. The van der Waals surface area contributed by atoms with Crippen molar-refractivity contribution in [1.82, 2.24) is 4.98 Å². The van der Waals surface area contributed by atoms with Crippen molar-refractivity contribution in [3.8, 4) is 0 Å². The molecule has 3 heteroatoms. The van der Waals surface area contributed by atoms with Gasteiger partial charge in [-0.2, -0.15) is 11.8 Å². The molecule has 1 aromatic rings. The Morgan fingerprint density at radius 2 is 2.22 bits per heavy atom. The van der Waals surface area contributed by atoms with Gasteiger partial charge in [0.1, 0.15) is 0 Å². The smallest absolute Gasteiger partial charge is 0.0463 e. The molecule has 2 N–H and O–H groups in total. The summed E-state index contributed by atoms with van der Waals surface area (Å²) in [5.41, 5.74) is 7.57. The van der Waals surface area contributed by atoms with Gasteiger partial charge in [0.15, 0.2) is 0 Å². The maximum absolute atomic E-state index is 6.29. The van der Waals surface area contributed by atoms with E-state index >= 15 is 0 Å². The van der Waals surface area contributed by atoms with Crippen molar-refractivity contribution < 1.29 is 0 Å². The molecule has 0 aromatic carbocycles. The number of rotatable bonds is 6. The van der Waals surface area contributed by atoms with Gasteiger partial charge in [-0.1, -0.05) is 25.8 Å². The average molecular weight is 264 g/mol. The lowest BCUT2D eigenvalue weighted by Crippen LogP contribution is -2.26. The predicted molar refractivity (Wildman–Crippen MR) is 79.7 cm³/mol. The summed E-state index contributed by atoms with van der Waals surface area (Å²) >= 11 is 2.04. The summed E-state index contributed by atoms with van der Waals surface area (Å²) in [6.45, 7) is 2.17. The number of nitrogens with zero attached hydrogens (tertiary/aromatic N) is 1. The van der Waals surface area contributed by atoms with Crippen LogP contribution in [-0.4, -0.2) is 16.8 Å². The highest BCUT2D eigenvalue weighted by Gasteiger charge is 2.22. The van der Waals surface area contributed by atoms with Crippen molar-refractivity contribution in [2.45, 2.75) is 50.3 Å². The van der Waals surface area contributed by atoms with Gasteiger partial charge < -0.3 is 5.73 Å². The van der Waals surface area contributed by atoms with Gasteiger partial charge >= 0.3 is 0 Å². The van der Waals surface area contributed by atoms with Crippen molar-refractivity contribution >= 4 is 11.8 Å². The summed E-state index contributed by atoms with van der Waals surface area (Å²) in [4.78, 5) is 4.23. The fraction of sp³-hybridized carbons (Fsp3) is 0.667. The Morgan fingerprint density at radius 3 is 2.83 bits per heavy atom. The minimum absolute atomic E-state index is 0.237. The molecule has 18 heavy (non-hydrogen) atoms. The van der Waals surface area contributed by atoms with Gasteiger partial charge in [0, 0.05) is 23.7 Å². The highest BCUT2D eigenvalue weighted by Crippen LogP contribution is 2.37. The predicted octanol–water partition coefficient (Wildman–Crippen LogP) is 3.78. The van der Waals surface area contributed by atoms with Crippen LogP contribution in [0.5, 0.6) is 0 Å². The fourth-order valence-corrected chi connectivity index (χ4v) is 4.23. The van der Waals surface area contributed by atoms with E-state index in [-0.39, 0.29) is 6.04 Å². The minimum Gasteiger partial charge on any atom is -0.326 e. The SMILES string of the molecule is CCC(N)C(SCC1CCCC1)c1cccnc1. The van der Waals surface area contributed by atoms with E-state index in [1.165, 1.54) is 37.0 Å². The largest absolute Gasteiger partial charge is 0.326 e. The van der Waals surface area contributed by atoms with Crippen LogP contribution in [0.1, 0.15) is 49.8 Å². The summed E-state index contributed by atoms with van der Waals surface area (Å²) in [6, 6.07) is 4.41. The molecule has 1 aliphatic carbocycles. The maximum atomic E-state index is 6.29. The Bertz CT molecular complexity index is 336. The third-order valence-electron chi connectivity index (χ3n) is 3.86. The summed E-state index contributed by atoms with van der Waals surface area (Å²) in [7, 11) is 0. The number of hydrogen-bond acceptors (Lipinski definition) is 3. The highest BCUT2D eigenvalue weighted by molar-refractivity contribution is 7.99. The molecule has 0 aliphatic heterocycles. The molecule has 2 unspecified atom stereocenters. The normalized spacial score (nSPS) is 19.9. The second-order valence-electron chi connectivity index (χ2n) is 5.26. The Kier molecular flexibility index (Phi) is 5.51. The van der Waals surface area contributed by atoms with Gasteiger partial charge in [0.2, 0.25) is 0 Å². The molecule has 1 heterocycles. The van der Waals surface area contributed by atoms with Crippen molar-refractivity contribution in [3.63, 3.8) is 0 Å². The minimum atomic E-state index is 0.237. The van der Waals surface area contributed by atoms with Crippen LogP contribution in [0.15, 0.2) is 24.5 Å². The van der Waals surface area contributed by atoms with Crippen molar-refractivity contribution in [2.24, 2.45) is 11.7 Å². The summed E-state index contributed by atoms with van der Waals surface area (Å²) in [5, 5.41) is 0.407. The molecular formula is C15H24N2S. The van der Waals surface area contributed by atoms with Gasteiger partial charge in [0.25, 0.3) is 0 Å². The van der Waals surface area contributed by atoms with Crippen LogP contribution in [0.4, 0.5) is 0 Å². The van der Waals surface area contributed by atoms with E-state index in [4.69, 9.17) is 5.73 Å². The number of hydrogen-bond donors (Lipinski definition) is 1. The lowest BCUT2D eigenvalue weighted by Gasteiger charge is -2.24. The van der Waals surface area contributed by atoms with Gasteiger partial charge in [-0.25, -0.2) is 0 Å². The van der Waals surface area contributed by atoms with Crippen LogP contribution in [0.25, 0.3) is 0 Å². The van der Waals surface area contributed by atoms with E-state index in [1.54, 1.807) is 0 Å². The first-order valence-corrected chi connectivity index (χ1v) is 8.13. The third kappa shape index (κ3) is 3.72. The third-order valence-corrected chi connectivity index (χ3v) is 5.50. The van der Waals surface area contributed by atoms with Crippen LogP contribution < -0.4 is 5.73 Å². The van der Waals surface area contributed by atoms with Crippen LogP contribution in [0.2, 0.25) is 0 Å². The van der Waals surface area contributed by atoms with Gasteiger partial charge in [-0.3, -0.25) is 4.98 Å². The zero-order valence-electron chi connectivity index (χ0n) is 11.2. The Balaban J connectivity index is 1.96. The molecule has 0 saturated heterocycles. The lowest BCUT2D eigenvalue weighted by atomic mass is 10.1. The lowest BCUT2D eigenvalue weighted by molar-refractivity contribution is 0.607. The van der Waals surface area contributed by atoms with Gasteiger partial charge in [-0.05, 0) is 42.6 Å². The quantitative estimate of drug-likeness (QED) is 0.849. The average Bonchev–Trinajstić information content (AvgIpc) is 2.93. The Labute approximate surface area is 115 Å². The molecule has 2 nitrogen and oxygen atoms in total. The number of pyridine rings is 1. The molecule has 0 radical (unpaired) electrons. The van der Waals surface area contributed by atoms with E-state index in [0.29, 0.717) is 5.25 Å². The van der Waals surface area contributed by atoms with Crippen molar-refractivity contribution in [3.05, 3.63) is 30.1 Å². The number of aromatic nitrogens is 1. The molecule has 1 fully saturated rings. The Morgan fingerprint density at radius 1 is 1.44 bits per heavy atom. The molecule has 2 rings (SSSR count). The summed E-state index contributed by atoms with van der Waals surface area (Å²) in [5.74, 6) is 2.17. The summed E-state index contributed by atoms with van der Waals surface area (Å²) < 4.78 is 0. The van der Waals surface area contributed by atoms with Crippen LogP contribution in [0, 0.1) is 5.92 Å². The topological polar surface area (TPSA) is 38.9 Å². The van der Waals surface area contributed by atoms with E-state index in [2.05, 4.69) is 18.0 Å². The monoisotopic (exact) mass is 264 g/mol. The first-order chi connectivity index (χ1) is 8.81. The van der Waals surface area contributed by atoms with E-state index in [1.807, 2.05) is 30.2 Å². The molecule has 1 saturated carbocycles. The molecule has 1 aliphatic rings. The Hall–Kier alpha value is -0.540. The van der Waals surface area contributed by atoms with Crippen LogP contribution in [-0.2, 0) is 0 Å². The van der Waals surface area contributed by atoms with Crippen molar-refractivity contribution in [1.29, 1.82) is 0 Å². The van der Waals surface area contributed by atoms with Crippen LogP contribution >= 0.6 is 11.8 Å². The van der Waals surface area contributed by atoms with Crippen LogP contribution in [0.3, 0.4) is 0 Å². The molecule has 0 bridgehead atoms. The van der Waals surface area contributed by atoms with E-state index in [9.17, 15) is 0 Å². The van der Waals surface area contributed by atoms with E-state index < -0.39 is 0 Å². The van der Waals surface area contributed by atoms with Gasteiger partial charge in [0.05, 0.1) is 0 Å². The van der Waals surface area contributed by atoms with Crippen molar-refractivity contribution in [2.75, 3.05) is 5.75 Å². The first-order valence-electron chi connectivity index (χ1n) is 7.08. The molecular weight excluding hydrogens is 240 g/mol. The number of thioether (sulfide) groups is 1. The molecule has 0 amide bonds. The molecule has 2 atom stereocenters. The number of nitrogens with two attached hydrogens (primary N) is 1. The summed E-state index contributed by atoms with van der Waals surface area (Å²) in [6.07, 6.45) is 10.5. The standard InChI is InChI=1S/C15H24N2S/c1-2-14(16)15(13-8-5-9-17-10-13)18-11-12-6-3-4-7-12/h5,8-10,12,14-15H,2-4,6-7,11,16H2,1H3. The van der Waals surface area contributed by atoms with E-state index in [0.717, 1.165) is 12.3 Å². The fourth-order valence-electron chi connectivity index (χ4n) is 2.64. The second-order valence-corrected chi connectivity index (χ2v) is 6.44. The molecule has 100 valence electrons. The second kappa shape index (κ2) is 7.15. The van der Waals surface area contributed by atoms with Gasteiger partial charge in [-0.15, -0.1) is 0 Å². The zero-order valence-corrected chi connectivity index (χ0v) is 12.0. The first kappa shape index (κ1) is 13.9. The molecule has 1 aromatic heterocycles. The zero-order chi connectivity index (χ0) is 12.8. The highest BCUT2D eigenvalue weighted by atomic mass is 32.2.